The van der Waals surface area contributed by atoms with E-state index < -0.39 is 0 Å². The Balaban J connectivity index is 1.70. The Labute approximate surface area is 202 Å². The molecule has 0 aromatic heterocycles. The molecule has 0 radical (unpaired) electrons. The molecule has 1 amide bonds. The molecule has 1 heterocycles. The third-order valence-corrected chi connectivity index (χ3v) is 6.50. The van der Waals surface area contributed by atoms with Gasteiger partial charge in [0.2, 0.25) is 0 Å². The van der Waals surface area contributed by atoms with Crippen molar-refractivity contribution in [3.05, 3.63) is 130 Å². The van der Waals surface area contributed by atoms with Gasteiger partial charge in [0.1, 0.15) is 0 Å². The summed E-state index contributed by atoms with van der Waals surface area (Å²) >= 11 is 3.53. The zero-order chi connectivity index (χ0) is 22.8. The van der Waals surface area contributed by atoms with Crippen LogP contribution in [-0.2, 0) is 0 Å². The molecule has 4 heteroatoms. The fourth-order valence-electron chi connectivity index (χ4n) is 4.25. The predicted molar refractivity (Wildman–Crippen MR) is 139 cm³/mol. The summed E-state index contributed by atoms with van der Waals surface area (Å²) in [4.78, 5) is 20.9. The summed E-state index contributed by atoms with van der Waals surface area (Å²) in [6, 6.07) is 33.9. The van der Waals surface area contributed by atoms with Crippen molar-refractivity contribution in [2.24, 2.45) is 4.99 Å². The first-order chi connectivity index (χ1) is 16.1. The maximum absolute atomic E-state index is 13.9. The number of rotatable bonds is 3. The van der Waals surface area contributed by atoms with Crippen molar-refractivity contribution in [2.45, 2.75) is 19.4 Å². The number of nitrogens with zero attached hydrogens (tertiary/aromatic N) is 2. The molecule has 0 spiro atoms. The van der Waals surface area contributed by atoms with E-state index in [-0.39, 0.29) is 11.9 Å². The van der Waals surface area contributed by atoms with Crippen molar-refractivity contribution < 1.29 is 4.79 Å². The molecule has 33 heavy (non-hydrogen) atoms. The molecule has 4 aromatic carbocycles. The molecular formula is C29H23BrN2O. The summed E-state index contributed by atoms with van der Waals surface area (Å²) in [7, 11) is 0. The van der Waals surface area contributed by atoms with Crippen LogP contribution in [-0.4, -0.2) is 11.6 Å². The largest absolute Gasteiger partial charge is 0.298 e. The Kier molecular flexibility index (Phi) is 5.93. The van der Waals surface area contributed by atoms with E-state index in [9.17, 15) is 4.79 Å². The van der Waals surface area contributed by atoms with E-state index in [1.165, 1.54) is 5.56 Å². The van der Waals surface area contributed by atoms with Crippen molar-refractivity contribution in [1.82, 2.24) is 0 Å². The predicted octanol–water partition coefficient (Wildman–Crippen LogP) is 7.67. The van der Waals surface area contributed by atoms with E-state index >= 15 is 0 Å². The first-order valence-electron chi connectivity index (χ1n) is 11.0. The van der Waals surface area contributed by atoms with Gasteiger partial charge in [-0.05, 0) is 54.4 Å². The Hall–Kier alpha value is -3.50. The lowest BCUT2D eigenvalue weighted by Gasteiger charge is -2.32. The highest BCUT2D eigenvalue weighted by molar-refractivity contribution is 9.10. The van der Waals surface area contributed by atoms with Gasteiger partial charge in [-0.2, -0.15) is 0 Å². The number of anilines is 1. The molecule has 3 nitrogen and oxygen atoms in total. The summed E-state index contributed by atoms with van der Waals surface area (Å²) in [6.45, 7) is 2.08. The zero-order valence-electron chi connectivity index (χ0n) is 18.3. The topological polar surface area (TPSA) is 32.7 Å². The Bertz CT molecular complexity index is 1310. The van der Waals surface area contributed by atoms with E-state index in [2.05, 4.69) is 59.3 Å². The van der Waals surface area contributed by atoms with E-state index in [0.29, 0.717) is 12.0 Å². The van der Waals surface area contributed by atoms with E-state index in [0.717, 1.165) is 32.7 Å². The van der Waals surface area contributed by atoms with Crippen LogP contribution < -0.4 is 4.90 Å². The summed E-state index contributed by atoms with van der Waals surface area (Å²) in [5, 5.41) is 0. The van der Waals surface area contributed by atoms with Crippen LogP contribution in [0.4, 0.5) is 11.4 Å². The van der Waals surface area contributed by atoms with Gasteiger partial charge in [-0.1, -0.05) is 88.2 Å². The van der Waals surface area contributed by atoms with Crippen LogP contribution >= 0.6 is 15.9 Å². The molecule has 0 fully saturated rings. The fraction of sp³-hybridized carbons (Fsp3) is 0.103. The Morgan fingerprint density at radius 1 is 0.848 bits per heavy atom. The van der Waals surface area contributed by atoms with Gasteiger partial charge < -0.3 is 0 Å². The number of aliphatic imine (C=N–C) groups is 1. The summed E-state index contributed by atoms with van der Waals surface area (Å²) in [5.41, 5.74) is 6.58. The summed E-state index contributed by atoms with van der Waals surface area (Å²) in [6.07, 6.45) is 0.609. The quantitative estimate of drug-likeness (QED) is 0.287. The lowest BCUT2D eigenvalue weighted by atomic mass is 9.94. The molecule has 0 aliphatic carbocycles. The molecule has 1 atom stereocenters. The molecular weight excluding hydrogens is 472 g/mol. The number of fused-ring (bicyclic) bond motifs is 1. The number of halogens is 1. The number of amides is 1. The second kappa shape index (κ2) is 9.16. The van der Waals surface area contributed by atoms with Gasteiger partial charge in [0.15, 0.2) is 0 Å². The highest BCUT2D eigenvalue weighted by Crippen LogP contribution is 2.41. The van der Waals surface area contributed by atoms with Crippen molar-refractivity contribution in [2.75, 3.05) is 4.90 Å². The van der Waals surface area contributed by atoms with Gasteiger partial charge in [-0.3, -0.25) is 14.7 Å². The van der Waals surface area contributed by atoms with Crippen LogP contribution in [0.15, 0.2) is 113 Å². The second-order valence-electron chi connectivity index (χ2n) is 8.23. The van der Waals surface area contributed by atoms with Gasteiger partial charge in [0.25, 0.3) is 5.91 Å². The first kappa shape index (κ1) is 21.4. The highest BCUT2D eigenvalue weighted by Gasteiger charge is 2.33. The van der Waals surface area contributed by atoms with Gasteiger partial charge in [0, 0.05) is 16.5 Å². The van der Waals surface area contributed by atoms with E-state index in [1.54, 1.807) is 0 Å². The van der Waals surface area contributed by atoms with Gasteiger partial charge in [-0.15, -0.1) is 0 Å². The summed E-state index contributed by atoms with van der Waals surface area (Å²) in [5.74, 6) is -0.0270. The minimum atomic E-state index is -0.190. The van der Waals surface area contributed by atoms with Crippen molar-refractivity contribution >= 4 is 38.9 Å². The minimum absolute atomic E-state index is 0.0270. The van der Waals surface area contributed by atoms with Crippen LogP contribution in [0, 0.1) is 6.92 Å². The molecule has 1 aliphatic heterocycles. The molecule has 5 rings (SSSR count). The SMILES string of the molecule is Cc1ccc([C@H]2CC(c3ccc(Br)cc3)=Nc3ccccc3N2C(=O)c2ccccc2)cc1. The van der Waals surface area contributed by atoms with Crippen LogP contribution in [0.2, 0.25) is 0 Å². The Morgan fingerprint density at radius 2 is 1.52 bits per heavy atom. The van der Waals surface area contributed by atoms with Crippen molar-refractivity contribution in [3.63, 3.8) is 0 Å². The molecule has 0 unspecified atom stereocenters. The first-order valence-corrected chi connectivity index (χ1v) is 11.8. The normalized spacial score (nSPS) is 15.4. The third-order valence-electron chi connectivity index (χ3n) is 5.97. The number of carbonyl (C=O) groups excluding carboxylic acids is 1. The van der Waals surface area contributed by atoms with E-state index in [1.807, 2.05) is 71.6 Å². The minimum Gasteiger partial charge on any atom is -0.298 e. The Morgan fingerprint density at radius 3 is 2.24 bits per heavy atom. The second-order valence-corrected chi connectivity index (χ2v) is 9.14. The van der Waals surface area contributed by atoms with Crippen LogP contribution in [0.25, 0.3) is 0 Å². The monoisotopic (exact) mass is 494 g/mol. The number of aryl methyl sites for hydroxylation is 1. The number of carbonyl (C=O) groups is 1. The maximum atomic E-state index is 13.9. The number of para-hydroxylation sites is 2. The lowest BCUT2D eigenvalue weighted by molar-refractivity contribution is 0.0977. The molecule has 162 valence electrons. The highest BCUT2D eigenvalue weighted by atomic mass is 79.9. The molecule has 1 aliphatic rings. The fourth-order valence-corrected chi connectivity index (χ4v) is 4.51. The van der Waals surface area contributed by atoms with Crippen molar-refractivity contribution in [3.8, 4) is 0 Å². The third kappa shape index (κ3) is 4.39. The van der Waals surface area contributed by atoms with Crippen LogP contribution in [0.1, 0.15) is 39.5 Å². The van der Waals surface area contributed by atoms with Gasteiger partial charge in [0.05, 0.1) is 23.1 Å². The van der Waals surface area contributed by atoms with Crippen LogP contribution in [0.3, 0.4) is 0 Å². The van der Waals surface area contributed by atoms with E-state index in [4.69, 9.17) is 4.99 Å². The molecule has 0 saturated heterocycles. The van der Waals surface area contributed by atoms with Crippen molar-refractivity contribution in [1.29, 1.82) is 0 Å². The molecule has 4 aromatic rings. The zero-order valence-corrected chi connectivity index (χ0v) is 19.9. The maximum Gasteiger partial charge on any atom is 0.258 e. The molecule has 0 saturated carbocycles. The standard InChI is InChI=1S/C29H23BrN2O/c1-20-11-13-22(14-12-20)28-19-26(21-15-17-24(30)18-16-21)31-25-9-5-6-10-27(25)32(28)29(33)23-7-3-2-4-8-23/h2-18,28H,19H2,1H3/t28-/m1/s1. The number of hydrogen-bond acceptors (Lipinski definition) is 2. The van der Waals surface area contributed by atoms with Gasteiger partial charge >= 0.3 is 0 Å². The van der Waals surface area contributed by atoms with Gasteiger partial charge in [-0.25, -0.2) is 0 Å². The lowest BCUT2D eigenvalue weighted by Crippen LogP contribution is -2.35. The average molecular weight is 495 g/mol. The number of hydrogen-bond donors (Lipinski definition) is 0. The average Bonchev–Trinajstić information content (AvgIpc) is 3.02. The number of benzene rings is 4. The molecule has 0 N–H and O–H groups in total. The van der Waals surface area contributed by atoms with Crippen LogP contribution in [0.5, 0.6) is 0 Å². The summed E-state index contributed by atoms with van der Waals surface area (Å²) < 4.78 is 1.02. The smallest absolute Gasteiger partial charge is 0.258 e. The molecule has 0 bridgehead atoms.